The van der Waals surface area contributed by atoms with Gasteiger partial charge in [-0.2, -0.15) is 0 Å². The number of benzene rings is 2. The number of piperidine rings is 1. The minimum atomic E-state index is -3.08. The Balaban J connectivity index is 1.40. The van der Waals surface area contributed by atoms with Crippen LogP contribution < -0.4 is 4.74 Å². The van der Waals surface area contributed by atoms with Gasteiger partial charge in [-0.05, 0) is 29.8 Å². The van der Waals surface area contributed by atoms with Gasteiger partial charge in [-0.3, -0.25) is 9.78 Å². The summed E-state index contributed by atoms with van der Waals surface area (Å²) in [7, 11) is 0. The van der Waals surface area contributed by atoms with Gasteiger partial charge in [0, 0.05) is 47.9 Å². The van der Waals surface area contributed by atoms with Crippen molar-refractivity contribution in [3.05, 3.63) is 90.8 Å². The SMILES string of the molecule is O=C(c1ccccc1-c1cccnc1)N1CCC(F)(F)C(Oc2ccc3ccccc3n2)C1. The fourth-order valence-corrected chi connectivity index (χ4v) is 4.05. The van der Waals surface area contributed by atoms with Crippen LogP contribution in [0.3, 0.4) is 0 Å². The summed E-state index contributed by atoms with van der Waals surface area (Å²) in [6.07, 6.45) is 1.36. The molecule has 0 N–H and O–H groups in total. The average molecular weight is 445 g/mol. The number of hydrogen-bond acceptors (Lipinski definition) is 4. The molecule has 3 heterocycles. The van der Waals surface area contributed by atoms with Crippen LogP contribution in [-0.2, 0) is 0 Å². The minimum absolute atomic E-state index is 0.0573. The van der Waals surface area contributed by atoms with E-state index in [-0.39, 0.29) is 24.9 Å². The van der Waals surface area contributed by atoms with Gasteiger partial charge in [-0.1, -0.05) is 42.5 Å². The van der Waals surface area contributed by atoms with Crippen molar-refractivity contribution in [2.24, 2.45) is 0 Å². The van der Waals surface area contributed by atoms with Crippen LogP contribution in [0.1, 0.15) is 16.8 Å². The lowest BCUT2D eigenvalue weighted by atomic mass is 9.98. The normalized spacial score (nSPS) is 17.6. The summed E-state index contributed by atoms with van der Waals surface area (Å²) in [6, 6.07) is 21.5. The maximum absolute atomic E-state index is 14.8. The highest BCUT2D eigenvalue weighted by molar-refractivity contribution is 6.00. The third-order valence-electron chi connectivity index (χ3n) is 5.83. The average Bonchev–Trinajstić information content (AvgIpc) is 2.85. The van der Waals surface area contributed by atoms with Crippen molar-refractivity contribution < 1.29 is 18.3 Å². The summed E-state index contributed by atoms with van der Waals surface area (Å²) in [5, 5.41) is 0.893. The first kappa shape index (κ1) is 21.0. The van der Waals surface area contributed by atoms with Crippen LogP contribution in [0.5, 0.6) is 5.88 Å². The molecule has 2 aromatic heterocycles. The van der Waals surface area contributed by atoms with Crippen LogP contribution in [0.4, 0.5) is 8.78 Å². The zero-order chi connectivity index (χ0) is 22.8. The van der Waals surface area contributed by atoms with Gasteiger partial charge in [0.1, 0.15) is 0 Å². The number of alkyl halides is 2. The summed E-state index contributed by atoms with van der Waals surface area (Å²) in [5.41, 5.74) is 2.60. The molecule has 0 bridgehead atoms. The summed E-state index contributed by atoms with van der Waals surface area (Å²) < 4.78 is 35.2. The quantitative estimate of drug-likeness (QED) is 0.432. The molecule has 0 radical (unpaired) electrons. The van der Waals surface area contributed by atoms with E-state index in [2.05, 4.69) is 9.97 Å². The molecule has 1 unspecified atom stereocenters. The second-order valence-electron chi connectivity index (χ2n) is 8.00. The van der Waals surface area contributed by atoms with Gasteiger partial charge in [0.05, 0.1) is 12.1 Å². The van der Waals surface area contributed by atoms with Crippen LogP contribution >= 0.6 is 0 Å². The van der Waals surface area contributed by atoms with Gasteiger partial charge in [0.15, 0.2) is 6.10 Å². The van der Waals surface area contributed by atoms with Crippen LogP contribution in [0.15, 0.2) is 85.2 Å². The lowest BCUT2D eigenvalue weighted by molar-refractivity contribution is -0.131. The summed E-state index contributed by atoms with van der Waals surface area (Å²) >= 11 is 0. The molecule has 1 fully saturated rings. The fraction of sp³-hybridized carbons (Fsp3) is 0.192. The Kier molecular flexibility index (Phi) is 5.46. The molecule has 0 saturated carbocycles. The minimum Gasteiger partial charge on any atom is -0.466 e. The fourth-order valence-electron chi connectivity index (χ4n) is 4.05. The molecule has 166 valence electrons. The topological polar surface area (TPSA) is 55.3 Å². The molecular weight excluding hydrogens is 424 g/mol. The molecule has 0 aliphatic carbocycles. The smallest absolute Gasteiger partial charge is 0.287 e. The van der Waals surface area contributed by atoms with Crippen molar-refractivity contribution in [1.29, 1.82) is 0 Å². The molecule has 2 aromatic carbocycles. The van der Waals surface area contributed by atoms with E-state index in [1.807, 2.05) is 36.4 Å². The van der Waals surface area contributed by atoms with Gasteiger partial charge < -0.3 is 9.64 Å². The van der Waals surface area contributed by atoms with E-state index in [1.165, 1.54) is 4.90 Å². The first-order chi connectivity index (χ1) is 16.0. The highest BCUT2D eigenvalue weighted by atomic mass is 19.3. The zero-order valence-electron chi connectivity index (χ0n) is 17.7. The van der Waals surface area contributed by atoms with Crippen LogP contribution in [0.25, 0.3) is 22.0 Å². The van der Waals surface area contributed by atoms with Gasteiger partial charge in [0.2, 0.25) is 5.88 Å². The molecule has 5 nitrogen and oxygen atoms in total. The first-order valence-electron chi connectivity index (χ1n) is 10.7. The highest BCUT2D eigenvalue weighted by Crippen LogP contribution is 2.33. The number of fused-ring (bicyclic) bond motifs is 1. The largest absolute Gasteiger partial charge is 0.466 e. The van der Waals surface area contributed by atoms with Gasteiger partial charge in [-0.15, -0.1) is 0 Å². The Morgan fingerprint density at radius 3 is 2.67 bits per heavy atom. The van der Waals surface area contributed by atoms with Gasteiger partial charge in [-0.25, -0.2) is 13.8 Å². The number of aromatic nitrogens is 2. The molecule has 0 spiro atoms. The summed E-state index contributed by atoms with van der Waals surface area (Å²) in [5.74, 6) is -3.28. The maximum Gasteiger partial charge on any atom is 0.287 e. The molecule has 1 aliphatic heterocycles. The number of amides is 1. The predicted octanol–water partition coefficient (Wildman–Crippen LogP) is 5.23. The number of carbonyl (C=O) groups excluding carboxylic acids is 1. The molecule has 7 heteroatoms. The highest BCUT2D eigenvalue weighted by Gasteiger charge is 2.47. The predicted molar refractivity (Wildman–Crippen MR) is 121 cm³/mol. The Labute approximate surface area is 189 Å². The maximum atomic E-state index is 14.8. The Morgan fingerprint density at radius 1 is 1.00 bits per heavy atom. The number of para-hydroxylation sites is 1. The van der Waals surface area contributed by atoms with E-state index in [1.54, 1.807) is 48.8 Å². The molecule has 1 aliphatic rings. The monoisotopic (exact) mass is 445 g/mol. The van der Waals surface area contributed by atoms with Crippen LogP contribution in [-0.4, -0.2) is 45.9 Å². The van der Waals surface area contributed by atoms with E-state index < -0.39 is 18.4 Å². The standard InChI is InChI=1S/C26H21F2N3O2/c27-26(28)13-15-31(17-23(26)33-24-12-11-18-6-1-4-10-22(18)30-24)25(32)21-9-3-2-8-20(21)19-7-5-14-29-16-19/h1-12,14,16,23H,13,15,17H2. The molecule has 5 rings (SSSR count). The number of nitrogens with zero attached hydrogens (tertiary/aromatic N) is 3. The zero-order valence-corrected chi connectivity index (χ0v) is 17.7. The lowest BCUT2D eigenvalue weighted by Gasteiger charge is -2.38. The van der Waals surface area contributed by atoms with E-state index >= 15 is 0 Å². The van der Waals surface area contributed by atoms with E-state index in [9.17, 15) is 13.6 Å². The second-order valence-corrected chi connectivity index (χ2v) is 8.00. The summed E-state index contributed by atoms with van der Waals surface area (Å²) in [6.45, 7) is -0.292. The van der Waals surface area contributed by atoms with E-state index in [4.69, 9.17) is 4.74 Å². The lowest BCUT2D eigenvalue weighted by Crippen LogP contribution is -2.55. The van der Waals surface area contributed by atoms with Crippen LogP contribution in [0.2, 0.25) is 0 Å². The first-order valence-corrected chi connectivity index (χ1v) is 10.7. The molecule has 33 heavy (non-hydrogen) atoms. The molecule has 4 aromatic rings. The number of rotatable bonds is 4. The van der Waals surface area contributed by atoms with E-state index in [0.29, 0.717) is 16.6 Å². The Hall–Kier alpha value is -3.87. The number of carbonyl (C=O) groups is 1. The van der Waals surface area contributed by atoms with Gasteiger partial charge >= 0.3 is 0 Å². The Bertz CT molecular complexity index is 1300. The summed E-state index contributed by atoms with van der Waals surface area (Å²) in [4.78, 5) is 23.3. The molecule has 1 amide bonds. The Morgan fingerprint density at radius 2 is 1.82 bits per heavy atom. The third kappa shape index (κ3) is 4.26. The molecular formula is C26H21F2N3O2. The van der Waals surface area contributed by atoms with E-state index in [0.717, 1.165) is 10.9 Å². The number of ether oxygens (including phenoxy) is 1. The van der Waals surface area contributed by atoms with Crippen molar-refractivity contribution in [2.75, 3.05) is 13.1 Å². The molecule has 1 atom stereocenters. The van der Waals surface area contributed by atoms with Crippen molar-refractivity contribution in [3.63, 3.8) is 0 Å². The number of hydrogen-bond donors (Lipinski definition) is 0. The van der Waals surface area contributed by atoms with Crippen LogP contribution in [0, 0.1) is 0 Å². The van der Waals surface area contributed by atoms with Crippen molar-refractivity contribution >= 4 is 16.8 Å². The number of likely N-dealkylation sites (tertiary alicyclic amines) is 1. The number of halogens is 2. The molecule has 1 saturated heterocycles. The van der Waals surface area contributed by atoms with Gasteiger partial charge in [0.25, 0.3) is 11.8 Å². The third-order valence-corrected chi connectivity index (χ3v) is 5.83. The van der Waals surface area contributed by atoms with Crippen molar-refractivity contribution in [2.45, 2.75) is 18.4 Å². The van der Waals surface area contributed by atoms with Crippen molar-refractivity contribution in [3.8, 4) is 17.0 Å². The number of pyridine rings is 2. The second kappa shape index (κ2) is 8.58. The van der Waals surface area contributed by atoms with Crippen molar-refractivity contribution in [1.82, 2.24) is 14.9 Å².